The molecule has 4 heteroatoms. The van der Waals surface area contributed by atoms with Crippen LogP contribution >= 0.6 is 0 Å². The fraction of sp³-hybridized carbons (Fsp3) is 0.467. The van der Waals surface area contributed by atoms with Crippen LogP contribution in [0, 0.1) is 12.3 Å². The van der Waals surface area contributed by atoms with E-state index in [9.17, 15) is 4.79 Å². The Morgan fingerprint density at radius 3 is 2.89 bits per heavy atom. The van der Waals surface area contributed by atoms with Crippen molar-refractivity contribution in [3.05, 3.63) is 29.7 Å². The second-order valence-corrected chi connectivity index (χ2v) is 5.34. The fourth-order valence-electron chi connectivity index (χ4n) is 2.86. The molecule has 19 heavy (non-hydrogen) atoms. The van der Waals surface area contributed by atoms with E-state index >= 15 is 0 Å². The van der Waals surface area contributed by atoms with Gasteiger partial charge in [-0.25, -0.2) is 4.98 Å². The van der Waals surface area contributed by atoms with Gasteiger partial charge in [0.15, 0.2) is 11.5 Å². The van der Waals surface area contributed by atoms with Gasteiger partial charge >= 0.3 is 5.97 Å². The minimum atomic E-state index is -0.322. The minimum Gasteiger partial charge on any atom is -0.469 e. The number of esters is 1. The molecule has 0 aliphatic heterocycles. The molecule has 1 aromatic carbocycles. The van der Waals surface area contributed by atoms with E-state index in [0.29, 0.717) is 5.89 Å². The van der Waals surface area contributed by atoms with Crippen molar-refractivity contribution in [2.24, 2.45) is 5.41 Å². The maximum absolute atomic E-state index is 11.9. The van der Waals surface area contributed by atoms with Crippen molar-refractivity contribution >= 4 is 17.1 Å². The molecule has 3 rings (SSSR count). The first-order valence-corrected chi connectivity index (χ1v) is 6.57. The molecule has 1 fully saturated rings. The Morgan fingerprint density at radius 1 is 1.47 bits per heavy atom. The third kappa shape index (κ3) is 2.01. The van der Waals surface area contributed by atoms with Crippen LogP contribution < -0.4 is 0 Å². The van der Waals surface area contributed by atoms with E-state index in [0.717, 1.165) is 42.3 Å². The topological polar surface area (TPSA) is 52.3 Å². The van der Waals surface area contributed by atoms with Crippen LogP contribution in [0.5, 0.6) is 0 Å². The molecule has 0 unspecified atom stereocenters. The van der Waals surface area contributed by atoms with E-state index in [2.05, 4.69) is 4.98 Å². The molecular formula is C15H17NO3. The lowest BCUT2D eigenvalue weighted by Crippen LogP contribution is -2.40. The van der Waals surface area contributed by atoms with E-state index in [4.69, 9.17) is 9.15 Å². The number of fused-ring (bicyclic) bond motifs is 1. The Morgan fingerprint density at radius 2 is 2.26 bits per heavy atom. The van der Waals surface area contributed by atoms with Crippen molar-refractivity contribution in [2.75, 3.05) is 7.11 Å². The molecule has 0 atom stereocenters. The number of oxazole rings is 1. The third-order valence-electron chi connectivity index (χ3n) is 4.03. The lowest BCUT2D eigenvalue weighted by atomic mass is 9.65. The van der Waals surface area contributed by atoms with Crippen molar-refractivity contribution in [2.45, 2.75) is 32.6 Å². The number of hydrogen-bond acceptors (Lipinski definition) is 4. The molecule has 0 amide bonds. The normalized spacial score (nSPS) is 17.2. The van der Waals surface area contributed by atoms with Gasteiger partial charge in [-0.2, -0.15) is 0 Å². The third-order valence-corrected chi connectivity index (χ3v) is 4.03. The van der Waals surface area contributed by atoms with Crippen LogP contribution in [0.4, 0.5) is 0 Å². The highest BCUT2D eigenvalue weighted by atomic mass is 16.5. The fourth-order valence-corrected chi connectivity index (χ4v) is 2.86. The lowest BCUT2D eigenvalue weighted by molar-refractivity contribution is -0.158. The number of nitrogens with zero attached hydrogens (tertiary/aromatic N) is 1. The average Bonchev–Trinajstić information content (AvgIpc) is 2.72. The molecule has 1 saturated carbocycles. The first-order chi connectivity index (χ1) is 9.13. The standard InChI is InChI=1S/C15H17NO3/c1-10-16-12-5-4-11(8-13(12)19-10)9-15(6-3-7-15)14(17)18-2/h4-5,8H,3,6-7,9H2,1-2H3. The summed E-state index contributed by atoms with van der Waals surface area (Å²) in [5, 5.41) is 0. The highest BCUT2D eigenvalue weighted by Gasteiger charge is 2.45. The number of methoxy groups -OCH3 is 1. The van der Waals surface area contributed by atoms with Crippen LogP contribution in [-0.4, -0.2) is 18.1 Å². The molecule has 0 saturated heterocycles. The summed E-state index contributed by atoms with van der Waals surface area (Å²) in [4.78, 5) is 16.2. The van der Waals surface area contributed by atoms with Crippen molar-refractivity contribution in [1.29, 1.82) is 0 Å². The number of rotatable bonds is 3. The summed E-state index contributed by atoms with van der Waals surface area (Å²) in [6, 6.07) is 5.95. The average molecular weight is 259 g/mol. The highest BCUT2D eigenvalue weighted by Crippen LogP contribution is 2.44. The van der Waals surface area contributed by atoms with Crippen LogP contribution in [0.15, 0.2) is 22.6 Å². The SMILES string of the molecule is COC(=O)C1(Cc2ccc3nc(C)oc3c2)CCC1. The number of aryl methyl sites for hydroxylation is 1. The second-order valence-electron chi connectivity index (χ2n) is 5.34. The van der Waals surface area contributed by atoms with Crippen LogP contribution in [0.1, 0.15) is 30.7 Å². The predicted octanol–water partition coefficient (Wildman–Crippen LogP) is 3.02. The van der Waals surface area contributed by atoms with Gasteiger partial charge in [0.05, 0.1) is 12.5 Å². The first kappa shape index (κ1) is 12.2. The number of ether oxygens (including phenoxy) is 1. The van der Waals surface area contributed by atoms with Crippen molar-refractivity contribution < 1.29 is 13.9 Å². The zero-order valence-corrected chi connectivity index (χ0v) is 11.2. The van der Waals surface area contributed by atoms with Gasteiger partial charge in [-0.1, -0.05) is 12.5 Å². The number of benzene rings is 1. The second kappa shape index (κ2) is 4.37. The quantitative estimate of drug-likeness (QED) is 0.795. The van der Waals surface area contributed by atoms with Gasteiger partial charge in [0.1, 0.15) is 5.52 Å². The molecule has 0 spiro atoms. The molecule has 4 nitrogen and oxygen atoms in total. The van der Waals surface area contributed by atoms with Crippen molar-refractivity contribution in [3.8, 4) is 0 Å². The molecule has 0 radical (unpaired) electrons. The van der Waals surface area contributed by atoms with E-state index in [1.165, 1.54) is 7.11 Å². The molecule has 1 aromatic heterocycles. The van der Waals surface area contributed by atoms with Gasteiger partial charge in [-0.15, -0.1) is 0 Å². The summed E-state index contributed by atoms with van der Waals surface area (Å²) >= 11 is 0. The Hall–Kier alpha value is -1.84. The van der Waals surface area contributed by atoms with E-state index in [1.807, 2.05) is 25.1 Å². The largest absolute Gasteiger partial charge is 0.469 e. The Bertz CT molecular complexity index is 625. The molecular weight excluding hydrogens is 242 g/mol. The van der Waals surface area contributed by atoms with Crippen LogP contribution in [0.2, 0.25) is 0 Å². The Labute approximate surface area is 111 Å². The number of carbonyl (C=O) groups excluding carboxylic acids is 1. The Kier molecular flexibility index (Phi) is 2.81. The number of carbonyl (C=O) groups is 1. The molecule has 1 aliphatic carbocycles. The summed E-state index contributed by atoms with van der Waals surface area (Å²) in [6.45, 7) is 1.83. The smallest absolute Gasteiger partial charge is 0.312 e. The van der Waals surface area contributed by atoms with Gasteiger partial charge in [0, 0.05) is 6.92 Å². The molecule has 2 aromatic rings. The van der Waals surface area contributed by atoms with Gasteiger partial charge in [-0.05, 0) is 37.0 Å². The first-order valence-electron chi connectivity index (χ1n) is 6.57. The van der Waals surface area contributed by atoms with Gasteiger partial charge < -0.3 is 9.15 Å². The Balaban J connectivity index is 1.89. The van der Waals surface area contributed by atoms with Crippen LogP contribution in [-0.2, 0) is 16.0 Å². The lowest BCUT2D eigenvalue weighted by Gasteiger charge is -2.38. The zero-order chi connectivity index (χ0) is 13.5. The van der Waals surface area contributed by atoms with Crippen molar-refractivity contribution in [1.82, 2.24) is 4.98 Å². The minimum absolute atomic E-state index is 0.0902. The van der Waals surface area contributed by atoms with Gasteiger partial charge in [-0.3, -0.25) is 4.79 Å². The van der Waals surface area contributed by atoms with E-state index in [-0.39, 0.29) is 11.4 Å². The number of hydrogen-bond donors (Lipinski definition) is 0. The van der Waals surface area contributed by atoms with Crippen LogP contribution in [0.3, 0.4) is 0 Å². The summed E-state index contributed by atoms with van der Waals surface area (Å²) in [7, 11) is 1.46. The molecule has 100 valence electrons. The maximum Gasteiger partial charge on any atom is 0.312 e. The summed E-state index contributed by atoms with van der Waals surface area (Å²) in [5.41, 5.74) is 2.43. The van der Waals surface area contributed by atoms with Gasteiger partial charge in [0.25, 0.3) is 0 Å². The van der Waals surface area contributed by atoms with Crippen LogP contribution in [0.25, 0.3) is 11.1 Å². The highest BCUT2D eigenvalue weighted by molar-refractivity contribution is 5.79. The number of aromatic nitrogens is 1. The maximum atomic E-state index is 11.9. The molecule has 1 heterocycles. The molecule has 0 bridgehead atoms. The monoisotopic (exact) mass is 259 g/mol. The predicted molar refractivity (Wildman–Crippen MR) is 70.8 cm³/mol. The summed E-state index contributed by atoms with van der Waals surface area (Å²) in [6.07, 6.45) is 3.63. The van der Waals surface area contributed by atoms with Gasteiger partial charge in [0.2, 0.25) is 0 Å². The molecule has 0 N–H and O–H groups in total. The zero-order valence-electron chi connectivity index (χ0n) is 11.2. The summed E-state index contributed by atoms with van der Waals surface area (Å²) in [5.74, 6) is 0.575. The molecule has 1 aliphatic rings. The van der Waals surface area contributed by atoms with E-state index < -0.39 is 0 Å². The summed E-state index contributed by atoms with van der Waals surface area (Å²) < 4.78 is 10.5. The van der Waals surface area contributed by atoms with E-state index in [1.54, 1.807) is 0 Å². The van der Waals surface area contributed by atoms with Crippen molar-refractivity contribution in [3.63, 3.8) is 0 Å².